The Labute approximate surface area is 214 Å². The number of benzene rings is 1. The molecular weight excluding hydrogens is 483 g/mol. The number of anilines is 3. The van der Waals surface area contributed by atoms with Crippen molar-refractivity contribution in [3.05, 3.63) is 41.3 Å². The van der Waals surface area contributed by atoms with Crippen molar-refractivity contribution >= 4 is 17.2 Å². The van der Waals surface area contributed by atoms with E-state index in [1.54, 1.807) is 19.3 Å². The minimum Gasteiger partial charge on any atom is -0.381 e. The molecule has 0 atom stereocenters. The predicted molar refractivity (Wildman–Crippen MR) is 135 cm³/mol. The number of aromatic nitrogens is 4. The van der Waals surface area contributed by atoms with Gasteiger partial charge in [-0.1, -0.05) is 0 Å². The van der Waals surface area contributed by atoms with E-state index in [1.807, 2.05) is 16.8 Å². The molecule has 0 bridgehead atoms. The second-order valence-electron chi connectivity index (χ2n) is 10.4. The largest absolute Gasteiger partial charge is 0.417 e. The first-order valence-electron chi connectivity index (χ1n) is 12.8. The molecule has 3 aliphatic rings. The van der Waals surface area contributed by atoms with Crippen LogP contribution < -0.4 is 9.80 Å². The maximum atomic E-state index is 14.4. The molecule has 1 fully saturated rings. The van der Waals surface area contributed by atoms with E-state index >= 15 is 0 Å². The number of ether oxygens (including phenoxy) is 1. The number of likely N-dealkylation sites (N-methyl/N-ethyl adjacent to an activating group) is 2. The second-order valence-corrected chi connectivity index (χ2v) is 10.4. The molecule has 3 aromatic rings. The zero-order chi connectivity index (χ0) is 25.9. The van der Waals surface area contributed by atoms with Gasteiger partial charge in [-0.15, -0.1) is 0 Å². The smallest absolute Gasteiger partial charge is 0.381 e. The van der Waals surface area contributed by atoms with Crippen LogP contribution in [0.1, 0.15) is 35.7 Å². The van der Waals surface area contributed by atoms with E-state index in [9.17, 15) is 13.2 Å². The highest BCUT2D eigenvalue weighted by molar-refractivity contribution is 5.86. The minimum atomic E-state index is -4.51. The number of nitrogens with zero attached hydrogens (tertiary/aromatic N) is 7. The van der Waals surface area contributed by atoms with Crippen molar-refractivity contribution in [1.29, 1.82) is 0 Å². The molecule has 1 aromatic carbocycles. The van der Waals surface area contributed by atoms with Crippen LogP contribution in [-0.2, 0) is 30.9 Å². The van der Waals surface area contributed by atoms with Gasteiger partial charge in [0.05, 0.1) is 29.2 Å². The lowest BCUT2D eigenvalue weighted by atomic mass is 9.97. The van der Waals surface area contributed by atoms with Gasteiger partial charge in [-0.3, -0.25) is 9.36 Å². The molecule has 2 aromatic heterocycles. The minimum absolute atomic E-state index is 0.141. The number of hydrogen-bond acceptors (Lipinski definition) is 6. The Balaban J connectivity index is 1.51. The van der Waals surface area contributed by atoms with Crippen LogP contribution in [0.25, 0.3) is 11.1 Å². The monoisotopic (exact) mass is 515 g/mol. The van der Waals surface area contributed by atoms with Crippen LogP contribution in [0.5, 0.6) is 0 Å². The van der Waals surface area contributed by atoms with Gasteiger partial charge < -0.3 is 19.4 Å². The van der Waals surface area contributed by atoms with Crippen molar-refractivity contribution in [2.75, 3.05) is 56.7 Å². The van der Waals surface area contributed by atoms with Gasteiger partial charge in [-0.25, -0.2) is 0 Å². The van der Waals surface area contributed by atoms with E-state index < -0.39 is 11.7 Å². The highest BCUT2D eigenvalue weighted by Gasteiger charge is 2.38. The molecule has 11 heteroatoms. The standard InChI is InChI=1S/C26H32F3N7O/c1-32-7-4-22-20(16-32)25(31-36(22)18-5-10-37-11-6-18)35-9-8-33(2)23-12-19(17-14-30-34(3)15-17)21(13-24(23)35)26(27,28)29/h12-15,18H,4-11,16H2,1-3H3. The molecule has 0 N–H and O–H groups in total. The van der Waals surface area contributed by atoms with Crippen LogP contribution >= 0.6 is 0 Å². The van der Waals surface area contributed by atoms with E-state index in [2.05, 4.69) is 21.7 Å². The second kappa shape index (κ2) is 9.05. The van der Waals surface area contributed by atoms with Gasteiger partial charge in [0.1, 0.15) is 0 Å². The van der Waals surface area contributed by atoms with Crippen LogP contribution in [0, 0.1) is 0 Å². The van der Waals surface area contributed by atoms with Gasteiger partial charge in [0.15, 0.2) is 5.82 Å². The Morgan fingerprint density at radius 1 is 1.00 bits per heavy atom. The normalized spacial score (nSPS) is 19.3. The van der Waals surface area contributed by atoms with Gasteiger partial charge >= 0.3 is 6.18 Å². The average Bonchev–Trinajstić information content (AvgIpc) is 3.47. The molecule has 1 saturated heterocycles. The fourth-order valence-electron chi connectivity index (χ4n) is 5.86. The van der Waals surface area contributed by atoms with Crippen LogP contribution in [-0.4, -0.2) is 71.4 Å². The van der Waals surface area contributed by atoms with Crippen molar-refractivity contribution in [3.63, 3.8) is 0 Å². The Bertz CT molecular complexity index is 1310. The molecule has 8 nitrogen and oxygen atoms in total. The van der Waals surface area contributed by atoms with Crippen LogP contribution in [0.15, 0.2) is 24.5 Å². The molecule has 198 valence electrons. The van der Waals surface area contributed by atoms with Crippen LogP contribution in [0.2, 0.25) is 0 Å². The van der Waals surface area contributed by atoms with E-state index in [0.717, 1.165) is 49.4 Å². The van der Waals surface area contributed by atoms with Gasteiger partial charge in [-0.2, -0.15) is 23.4 Å². The first-order chi connectivity index (χ1) is 17.7. The Hall–Kier alpha value is -3.05. The number of fused-ring (bicyclic) bond motifs is 2. The Morgan fingerprint density at radius 2 is 1.78 bits per heavy atom. The highest BCUT2D eigenvalue weighted by atomic mass is 19.4. The third-order valence-corrected chi connectivity index (χ3v) is 7.85. The summed E-state index contributed by atoms with van der Waals surface area (Å²) in [5.41, 5.74) is 3.57. The maximum absolute atomic E-state index is 14.4. The molecule has 37 heavy (non-hydrogen) atoms. The highest BCUT2D eigenvalue weighted by Crippen LogP contribution is 2.47. The number of alkyl halides is 3. The summed E-state index contributed by atoms with van der Waals surface area (Å²) >= 11 is 0. The van der Waals surface area contributed by atoms with Crippen molar-refractivity contribution in [1.82, 2.24) is 24.5 Å². The molecule has 6 rings (SSSR count). The molecular formula is C26H32F3N7O. The van der Waals surface area contributed by atoms with Gasteiger partial charge in [0.25, 0.3) is 0 Å². The van der Waals surface area contributed by atoms with Crippen LogP contribution in [0.4, 0.5) is 30.4 Å². The number of rotatable bonds is 3. The summed E-state index contributed by atoms with van der Waals surface area (Å²) in [6, 6.07) is 3.22. The Kier molecular flexibility index (Phi) is 5.95. The van der Waals surface area contributed by atoms with Gasteiger partial charge in [-0.05, 0) is 37.6 Å². The number of halogens is 3. The first-order valence-corrected chi connectivity index (χ1v) is 12.8. The molecule has 0 radical (unpaired) electrons. The summed E-state index contributed by atoms with van der Waals surface area (Å²) in [7, 11) is 5.72. The zero-order valence-corrected chi connectivity index (χ0v) is 21.4. The van der Waals surface area contributed by atoms with Crippen LogP contribution in [0.3, 0.4) is 0 Å². The molecule has 0 saturated carbocycles. The fraction of sp³-hybridized carbons (Fsp3) is 0.538. The van der Waals surface area contributed by atoms with E-state index in [0.29, 0.717) is 37.6 Å². The van der Waals surface area contributed by atoms with E-state index in [1.165, 1.54) is 22.6 Å². The number of hydrogen-bond donors (Lipinski definition) is 0. The SMILES string of the molecule is CN1CCc2c(c(N3CCN(C)c4cc(-c5cnn(C)c5)c(C(F)(F)F)cc43)nn2C2CCOCC2)C1. The third-order valence-electron chi connectivity index (χ3n) is 7.85. The molecule has 0 spiro atoms. The fourth-order valence-corrected chi connectivity index (χ4v) is 5.86. The summed E-state index contributed by atoms with van der Waals surface area (Å²) in [5, 5.41) is 9.23. The molecule has 0 amide bonds. The average molecular weight is 516 g/mol. The number of aryl methyl sites for hydroxylation is 1. The van der Waals surface area contributed by atoms with Gasteiger partial charge in [0, 0.05) is 82.9 Å². The quantitative estimate of drug-likeness (QED) is 0.521. The molecule has 5 heterocycles. The third kappa shape index (κ3) is 4.27. The van der Waals surface area contributed by atoms with Crippen molar-refractivity contribution in [2.45, 2.75) is 38.0 Å². The summed E-state index contributed by atoms with van der Waals surface area (Å²) in [6.45, 7) is 4.33. The molecule has 0 aliphatic carbocycles. The summed E-state index contributed by atoms with van der Waals surface area (Å²) < 4.78 is 52.5. The van der Waals surface area contributed by atoms with Crippen molar-refractivity contribution in [2.24, 2.45) is 7.05 Å². The zero-order valence-electron chi connectivity index (χ0n) is 21.4. The lowest BCUT2D eigenvalue weighted by Gasteiger charge is -2.37. The lowest BCUT2D eigenvalue weighted by molar-refractivity contribution is -0.137. The van der Waals surface area contributed by atoms with Gasteiger partial charge in [0.2, 0.25) is 0 Å². The summed E-state index contributed by atoms with van der Waals surface area (Å²) in [4.78, 5) is 6.29. The van der Waals surface area contributed by atoms with Crippen molar-refractivity contribution < 1.29 is 17.9 Å². The lowest BCUT2D eigenvalue weighted by Crippen LogP contribution is -2.38. The molecule has 0 unspecified atom stereocenters. The topological polar surface area (TPSA) is 54.6 Å². The summed E-state index contributed by atoms with van der Waals surface area (Å²) in [6.07, 6.45) is 1.27. The van der Waals surface area contributed by atoms with E-state index in [-0.39, 0.29) is 11.6 Å². The van der Waals surface area contributed by atoms with E-state index in [4.69, 9.17) is 9.84 Å². The first kappa shape index (κ1) is 24.3. The predicted octanol–water partition coefficient (Wildman–Crippen LogP) is 4.23. The summed E-state index contributed by atoms with van der Waals surface area (Å²) in [5.74, 6) is 0.782. The van der Waals surface area contributed by atoms with Crippen molar-refractivity contribution in [3.8, 4) is 11.1 Å². The maximum Gasteiger partial charge on any atom is 0.417 e. The Morgan fingerprint density at radius 3 is 2.49 bits per heavy atom. The molecule has 3 aliphatic heterocycles.